The Balaban J connectivity index is 1.89. The molecule has 1 aliphatic heterocycles. The second-order valence-electron chi connectivity index (χ2n) is 6.43. The SMILES string of the molecule is COc1ccc(NS(=O)(=O)c2ccc(C)c(C(=O)N3CCCC3)c2)cc1Cl. The van der Waals surface area contributed by atoms with E-state index in [1.807, 2.05) is 0 Å². The van der Waals surface area contributed by atoms with Crippen molar-refractivity contribution in [3.63, 3.8) is 0 Å². The van der Waals surface area contributed by atoms with E-state index < -0.39 is 10.0 Å². The molecule has 2 aromatic rings. The Kier molecular flexibility index (Phi) is 5.62. The van der Waals surface area contributed by atoms with Crippen LogP contribution in [0.1, 0.15) is 28.8 Å². The van der Waals surface area contributed by atoms with Gasteiger partial charge in [-0.15, -0.1) is 0 Å². The number of nitrogens with one attached hydrogen (secondary N) is 1. The first-order valence-corrected chi connectivity index (χ1v) is 10.4. The Hall–Kier alpha value is -2.25. The minimum Gasteiger partial charge on any atom is -0.495 e. The van der Waals surface area contributed by atoms with Crippen LogP contribution in [0.25, 0.3) is 0 Å². The maximum absolute atomic E-state index is 12.8. The van der Waals surface area contributed by atoms with Crippen LogP contribution in [0.15, 0.2) is 41.3 Å². The molecule has 0 atom stereocenters. The van der Waals surface area contributed by atoms with Crippen LogP contribution < -0.4 is 9.46 Å². The number of nitrogens with zero attached hydrogens (tertiary/aromatic N) is 1. The van der Waals surface area contributed by atoms with Crippen LogP contribution in [0, 0.1) is 6.92 Å². The predicted molar refractivity (Wildman–Crippen MR) is 105 cm³/mol. The normalized spacial score (nSPS) is 14.3. The van der Waals surface area contributed by atoms with Crippen LogP contribution in [0.2, 0.25) is 5.02 Å². The number of carbonyl (C=O) groups is 1. The molecule has 27 heavy (non-hydrogen) atoms. The highest BCUT2D eigenvalue weighted by atomic mass is 35.5. The van der Waals surface area contributed by atoms with E-state index in [9.17, 15) is 13.2 Å². The second-order valence-corrected chi connectivity index (χ2v) is 8.52. The van der Waals surface area contributed by atoms with Crippen molar-refractivity contribution in [2.75, 3.05) is 24.9 Å². The Morgan fingerprint density at radius 3 is 2.48 bits per heavy atom. The zero-order chi connectivity index (χ0) is 19.6. The molecule has 0 saturated carbocycles. The summed E-state index contributed by atoms with van der Waals surface area (Å²) in [6.45, 7) is 3.21. The standard InChI is InChI=1S/C19H21ClN2O4S/c1-13-5-7-15(12-16(13)19(23)22-9-3-4-10-22)27(24,25)21-14-6-8-18(26-2)17(20)11-14/h5-8,11-12,21H,3-4,9-10H2,1-2H3. The van der Waals surface area contributed by atoms with Crippen LogP contribution in [0.3, 0.4) is 0 Å². The number of halogens is 1. The van der Waals surface area contributed by atoms with Gasteiger partial charge in [0.1, 0.15) is 5.75 Å². The first kappa shape index (κ1) is 19.5. The van der Waals surface area contributed by atoms with E-state index in [2.05, 4.69) is 4.72 Å². The second kappa shape index (κ2) is 7.78. The van der Waals surface area contributed by atoms with Gasteiger partial charge in [-0.25, -0.2) is 8.42 Å². The minimum absolute atomic E-state index is 0.0302. The Morgan fingerprint density at radius 2 is 1.85 bits per heavy atom. The molecule has 2 aromatic carbocycles. The fraction of sp³-hybridized carbons (Fsp3) is 0.316. The maximum atomic E-state index is 12.8. The molecule has 0 bridgehead atoms. The van der Waals surface area contributed by atoms with Gasteiger partial charge in [-0.2, -0.15) is 0 Å². The Bertz CT molecular complexity index is 970. The lowest BCUT2D eigenvalue weighted by molar-refractivity contribution is 0.0792. The van der Waals surface area contributed by atoms with E-state index in [-0.39, 0.29) is 10.8 Å². The predicted octanol–water partition coefficient (Wildman–Crippen LogP) is 3.69. The van der Waals surface area contributed by atoms with Gasteiger partial charge in [0.25, 0.3) is 15.9 Å². The third-order valence-corrected chi connectivity index (χ3v) is 6.22. The highest BCUT2D eigenvalue weighted by Crippen LogP contribution is 2.29. The summed E-state index contributed by atoms with van der Waals surface area (Å²) < 4.78 is 33.1. The summed E-state index contributed by atoms with van der Waals surface area (Å²) in [5.74, 6) is 0.322. The molecule has 144 valence electrons. The van der Waals surface area contributed by atoms with Crippen molar-refractivity contribution >= 4 is 33.2 Å². The number of hydrogen-bond acceptors (Lipinski definition) is 4. The summed E-state index contributed by atoms with van der Waals surface area (Å²) in [5.41, 5.74) is 1.47. The van der Waals surface area contributed by atoms with Gasteiger partial charge in [-0.05, 0) is 55.7 Å². The molecule has 8 heteroatoms. The number of sulfonamides is 1. The minimum atomic E-state index is -3.87. The van der Waals surface area contributed by atoms with E-state index in [0.717, 1.165) is 18.4 Å². The van der Waals surface area contributed by atoms with Crippen molar-refractivity contribution in [1.82, 2.24) is 4.90 Å². The molecule has 3 rings (SSSR count). The highest BCUT2D eigenvalue weighted by Gasteiger charge is 2.23. The summed E-state index contributed by atoms with van der Waals surface area (Å²) in [6, 6.07) is 9.19. The smallest absolute Gasteiger partial charge is 0.261 e. The molecular weight excluding hydrogens is 388 g/mol. The number of hydrogen-bond donors (Lipinski definition) is 1. The van der Waals surface area contributed by atoms with E-state index in [1.165, 1.54) is 25.3 Å². The summed E-state index contributed by atoms with van der Waals surface area (Å²) in [5, 5.41) is 0.298. The number of aryl methyl sites for hydroxylation is 1. The molecule has 1 fully saturated rings. The molecule has 1 aliphatic rings. The fourth-order valence-electron chi connectivity index (χ4n) is 3.03. The van der Waals surface area contributed by atoms with Crippen molar-refractivity contribution in [3.8, 4) is 5.75 Å². The van der Waals surface area contributed by atoms with Crippen molar-refractivity contribution in [2.24, 2.45) is 0 Å². The van der Waals surface area contributed by atoms with Crippen molar-refractivity contribution in [3.05, 3.63) is 52.5 Å². The Labute approximate surface area is 164 Å². The zero-order valence-corrected chi connectivity index (χ0v) is 16.7. The first-order valence-electron chi connectivity index (χ1n) is 8.58. The molecule has 0 unspecified atom stereocenters. The molecule has 1 saturated heterocycles. The average Bonchev–Trinajstić information content (AvgIpc) is 3.16. The van der Waals surface area contributed by atoms with Crippen LogP contribution in [0.4, 0.5) is 5.69 Å². The topological polar surface area (TPSA) is 75.7 Å². The molecule has 1 N–H and O–H groups in total. The number of rotatable bonds is 5. The van der Waals surface area contributed by atoms with E-state index >= 15 is 0 Å². The third-order valence-electron chi connectivity index (χ3n) is 4.55. The fourth-order valence-corrected chi connectivity index (χ4v) is 4.37. The van der Waals surface area contributed by atoms with Gasteiger partial charge in [0.15, 0.2) is 0 Å². The number of methoxy groups -OCH3 is 1. The van der Waals surface area contributed by atoms with E-state index in [4.69, 9.17) is 16.3 Å². The maximum Gasteiger partial charge on any atom is 0.261 e. The lowest BCUT2D eigenvalue weighted by Gasteiger charge is -2.17. The molecule has 0 aliphatic carbocycles. The largest absolute Gasteiger partial charge is 0.495 e. The van der Waals surface area contributed by atoms with E-state index in [0.29, 0.717) is 35.1 Å². The van der Waals surface area contributed by atoms with Gasteiger partial charge in [-0.3, -0.25) is 9.52 Å². The van der Waals surface area contributed by atoms with Crippen LogP contribution >= 0.6 is 11.6 Å². The molecular formula is C19H21ClN2O4S. The number of anilines is 1. The van der Waals surface area contributed by atoms with Crippen molar-refractivity contribution < 1.29 is 17.9 Å². The van der Waals surface area contributed by atoms with Gasteiger partial charge in [0.05, 0.1) is 22.7 Å². The van der Waals surface area contributed by atoms with Gasteiger partial charge >= 0.3 is 0 Å². The molecule has 1 amide bonds. The summed E-state index contributed by atoms with van der Waals surface area (Å²) in [7, 11) is -2.38. The number of carbonyl (C=O) groups excluding carboxylic acids is 1. The molecule has 0 spiro atoms. The monoisotopic (exact) mass is 408 g/mol. The van der Waals surface area contributed by atoms with Crippen LogP contribution in [-0.4, -0.2) is 39.4 Å². The lowest BCUT2D eigenvalue weighted by atomic mass is 10.1. The number of benzene rings is 2. The van der Waals surface area contributed by atoms with Crippen LogP contribution in [0.5, 0.6) is 5.75 Å². The zero-order valence-electron chi connectivity index (χ0n) is 15.2. The summed E-state index contributed by atoms with van der Waals surface area (Å²) in [4.78, 5) is 14.5. The molecule has 6 nitrogen and oxygen atoms in total. The number of likely N-dealkylation sites (tertiary alicyclic amines) is 1. The summed E-state index contributed by atoms with van der Waals surface area (Å²) >= 11 is 6.05. The van der Waals surface area contributed by atoms with Gasteiger partial charge in [0, 0.05) is 18.7 Å². The van der Waals surface area contributed by atoms with E-state index in [1.54, 1.807) is 30.0 Å². The Morgan fingerprint density at radius 1 is 1.15 bits per heavy atom. The van der Waals surface area contributed by atoms with Crippen molar-refractivity contribution in [2.45, 2.75) is 24.7 Å². The lowest BCUT2D eigenvalue weighted by Crippen LogP contribution is -2.28. The van der Waals surface area contributed by atoms with Crippen molar-refractivity contribution in [1.29, 1.82) is 0 Å². The van der Waals surface area contributed by atoms with Gasteiger partial charge < -0.3 is 9.64 Å². The van der Waals surface area contributed by atoms with Gasteiger partial charge in [-0.1, -0.05) is 17.7 Å². The highest BCUT2D eigenvalue weighted by molar-refractivity contribution is 7.92. The van der Waals surface area contributed by atoms with Crippen LogP contribution in [-0.2, 0) is 10.0 Å². The number of amides is 1. The number of ether oxygens (including phenoxy) is 1. The summed E-state index contributed by atoms with van der Waals surface area (Å²) in [6.07, 6.45) is 1.95. The molecule has 0 radical (unpaired) electrons. The molecule has 0 aromatic heterocycles. The average molecular weight is 409 g/mol. The quantitative estimate of drug-likeness (QED) is 0.818. The first-order chi connectivity index (χ1) is 12.8. The molecule has 1 heterocycles. The van der Waals surface area contributed by atoms with Gasteiger partial charge in [0.2, 0.25) is 0 Å². The third kappa shape index (κ3) is 4.20.